The topological polar surface area (TPSA) is 42.7 Å². The van der Waals surface area contributed by atoms with Crippen LogP contribution >= 0.6 is 11.6 Å². The van der Waals surface area contributed by atoms with Crippen LogP contribution in [0.4, 0.5) is 0 Å². The lowest BCUT2D eigenvalue weighted by atomic mass is 10.2. The average Bonchev–Trinajstić information content (AvgIpc) is 2.67. The zero-order valence-electron chi connectivity index (χ0n) is 9.02. The predicted molar refractivity (Wildman–Crippen MR) is 63.0 cm³/mol. The number of rotatable bonds is 4. The zero-order chi connectivity index (χ0) is 11.4. The summed E-state index contributed by atoms with van der Waals surface area (Å²) in [5.41, 5.74) is 2.14. The van der Waals surface area contributed by atoms with E-state index in [1.165, 1.54) is 0 Å². The molecule has 0 fully saturated rings. The van der Waals surface area contributed by atoms with Crippen molar-refractivity contribution in [3.05, 3.63) is 46.7 Å². The number of aromatic nitrogens is 3. The number of nitrogens with one attached hydrogen (secondary N) is 1. The van der Waals surface area contributed by atoms with Crippen LogP contribution in [-0.2, 0) is 20.1 Å². The fraction of sp³-hybridized carbons (Fsp3) is 0.273. The highest BCUT2D eigenvalue weighted by atomic mass is 35.5. The minimum Gasteiger partial charge on any atom is -0.307 e. The Morgan fingerprint density at radius 3 is 2.81 bits per heavy atom. The molecule has 2 rings (SSSR count). The summed E-state index contributed by atoms with van der Waals surface area (Å²) in [6.45, 7) is 1.47. The van der Waals surface area contributed by atoms with Crippen molar-refractivity contribution in [3.63, 3.8) is 0 Å². The van der Waals surface area contributed by atoms with Crippen molar-refractivity contribution in [1.82, 2.24) is 20.3 Å². The minimum absolute atomic E-state index is 0.731. The molecule has 0 amide bonds. The van der Waals surface area contributed by atoms with Crippen LogP contribution in [0.25, 0.3) is 0 Å². The summed E-state index contributed by atoms with van der Waals surface area (Å²) in [6, 6.07) is 7.81. The van der Waals surface area contributed by atoms with Crippen LogP contribution in [0, 0.1) is 0 Å². The fourth-order valence-corrected chi connectivity index (χ4v) is 1.64. The van der Waals surface area contributed by atoms with Gasteiger partial charge < -0.3 is 5.32 Å². The van der Waals surface area contributed by atoms with Gasteiger partial charge >= 0.3 is 0 Å². The molecule has 0 saturated carbocycles. The van der Waals surface area contributed by atoms with Crippen molar-refractivity contribution in [2.75, 3.05) is 0 Å². The van der Waals surface area contributed by atoms with Crippen LogP contribution in [0.2, 0.25) is 5.02 Å². The normalized spacial score (nSPS) is 10.6. The molecule has 0 saturated heterocycles. The van der Waals surface area contributed by atoms with Crippen molar-refractivity contribution >= 4 is 11.6 Å². The Labute approximate surface area is 99.2 Å². The van der Waals surface area contributed by atoms with E-state index in [9.17, 15) is 0 Å². The maximum Gasteiger partial charge on any atom is 0.0738 e. The highest BCUT2D eigenvalue weighted by molar-refractivity contribution is 6.31. The number of benzene rings is 1. The van der Waals surface area contributed by atoms with Crippen molar-refractivity contribution in [2.45, 2.75) is 13.1 Å². The monoisotopic (exact) mass is 236 g/mol. The predicted octanol–water partition coefficient (Wildman–Crippen LogP) is 1.76. The van der Waals surface area contributed by atoms with Gasteiger partial charge in [0.2, 0.25) is 0 Å². The molecule has 4 nitrogen and oxygen atoms in total. The molecule has 0 atom stereocenters. The van der Waals surface area contributed by atoms with Gasteiger partial charge in [-0.3, -0.25) is 4.68 Å². The molecule has 5 heteroatoms. The summed E-state index contributed by atoms with van der Waals surface area (Å²) in [7, 11) is 1.87. The van der Waals surface area contributed by atoms with Gasteiger partial charge in [0.1, 0.15) is 0 Å². The minimum atomic E-state index is 0.731. The van der Waals surface area contributed by atoms with Crippen LogP contribution in [-0.4, -0.2) is 15.0 Å². The lowest BCUT2D eigenvalue weighted by molar-refractivity contribution is 0.617. The molecule has 0 bridgehead atoms. The molecule has 1 heterocycles. The molecule has 2 aromatic rings. The highest BCUT2D eigenvalue weighted by Crippen LogP contribution is 2.14. The van der Waals surface area contributed by atoms with E-state index < -0.39 is 0 Å². The standard InChI is InChI=1S/C11H13ClN4/c1-16-10(8-14-15-16)7-13-6-9-4-2-3-5-11(9)12/h2-5,8,13H,6-7H2,1H3. The molecule has 0 unspecified atom stereocenters. The average molecular weight is 237 g/mol. The lowest BCUT2D eigenvalue weighted by Crippen LogP contribution is -2.15. The number of hydrogen-bond acceptors (Lipinski definition) is 3. The van der Waals surface area contributed by atoms with Crippen LogP contribution in [0.5, 0.6) is 0 Å². The third-order valence-corrected chi connectivity index (χ3v) is 2.76. The Morgan fingerprint density at radius 1 is 1.31 bits per heavy atom. The molecule has 1 aromatic carbocycles. The van der Waals surface area contributed by atoms with E-state index in [4.69, 9.17) is 11.6 Å². The molecule has 0 aliphatic carbocycles. The summed E-state index contributed by atoms with van der Waals surface area (Å²) in [5.74, 6) is 0. The maximum absolute atomic E-state index is 6.05. The van der Waals surface area contributed by atoms with Crippen molar-refractivity contribution in [1.29, 1.82) is 0 Å². The lowest BCUT2D eigenvalue weighted by Gasteiger charge is -2.06. The first-order valence-corrected chi connectivity index (χ1v) is 5.43. The van der Waals surface area contributed by atoms with Crippen LogP contribution in [0.15, 0.2) is 30.5 Å². The van der Waals surface area contributed by atoms with E-state index in [1.54, 1.807) is 10.9 Å². The second-order valence-electron chi connectivity index (χ2n) is 3.54. The molecule has 1 aromatic heterocycles. The largest absolute Gasteiger partial charge is 0.307 e. The van der Waals surface area contributed by atoms with Gasteiger partial charge in [-0.05, 0) is 11.6 Å². The number of hydrogen-bond donors (Lipinski definition) is 1. The van der Waals surface area contributed by atoms with Gasteiger partial charge in [0, 0.05) is 25.2 Å². The maximum atomic E-state index is 6.05. The summed E-state index contributed by atoms with van der Waals surface area (Å²) >= 11 is 6.05. The van der Waals surface area contributed by atoms with Crippen LogP contribution in [0.1, 0.15) is 11.3 Å². The van der Waals surface area contributed by atoms with E-state index in [2.05, 4.69) is 15.6 Å². The van der Waals surface area contributed by atoms with E-state index in [0.29, 0.717) is 0 Å². The van der Waals surface area contributed by atoms with E-state index in [0.717, 1.165) is 29.4 Å². The quantitative estimate of drug-likeness (QED) is 0.880. The first-order chi connectivity index (χ1) is 7.77. The summed E-state index contributed by atoms with van der Waals surface area (Å²) < 4.78 is 1.75. The van der Waals surface area contributed by atoms with Crippen LogP contribution in [0.3, 0.4) is 0 Å². The Hall–Kier alpha value is -1.39. The Balaban J connectivity index is 1.89. The van der Waals surface area contributed by atoms with E-state index >= 15 is 0 Å². The molecule has 84 valence electrons. The van der Waals surface area contributed by atoms with Gasteiger partial charge in [-0.25, -0.2) is 0 Å². The van der Waals surface area contributed by atoms with E-state index in [1.807, 2.05) is 31.3 Å². The van der Waals surface area contributed by atoms with Gasteiger partial charge in [0.15, 0.2) is 0 Å². The van der Waals surface area contributed by atoms with Crippen molar-refractivity contribution in [2.24, 2.45) is 7.05 Å². The molecule has 0 aliphatic rings. The third kappa shape index (κ3) is 2.59. The number of halogens is 1. The summed E-state index contributed by atoms with van der Waals surface area (Å²) in [5, 5.41) is 11.8. The molecular formula is C11H13ClN4. The zero-order valence-corrected chi connectivity index (χ0v) is 9.78. The first kappa shape index (κ1) is 11.1. The van der Waals surface area contributed by atoms with Gasteiger partial charge in [0.25, 0.3) is 0 Å². The summed E-state index contributed by atoms with van der Waals surface area (Å²) in [6.07, 6.45) is 1.75. The van der Waals surface area contributed by atoms with Crippen molar-refractivity contribution in [3.8, 4) is 0 Å². The van der Waals surface area contributed by atoms with Gasteiger partial charge in [-0.15, -0.1) is 5.10 Å². The van der Waals surface area contributed by atoms with Gasteiger partial charge in [-0.2, -0.15) is 0 Å². The molecular weight excluding hydrogens is 224 g/mol. The van der Waals surface area contributed by atoms with Crippen molar-refractivity contribution < 1.29 is 0 Å². The fourth-order valence-electron chi connectivity index (χ4n) is 1.44. The molecule has 0 aliphatic heterocycles. The highest BCUT2D eigenvalue weighted by Gasteiger charge is 2.01. The number of aryl methyl sites for hydroxylation is 1. The number of nitrogens with zero attached hydrogens (tertiary/aromatic N) is 3. The second-order valence-corrected chi connectivity index (χ2v) is 3.95. The van der Waals surface area contributed by atoms with Gasteiger partial charge in [-0.1, -0.05) is 35.0 Å². The van der Waals surface area contributed by atoms with Crippen LogP contribution < -0.4 is 5.32 Å². The summed E-state index contributed by atoms with van der Waals surface area (Å²) in [4.78, 5) is 0. The first-order valence-electron chi connectivity index (χ1n) is 5.05. The third-order valence-electron chi connectivity index (χ3n) is 2.39. The molecule has 0 radical (unpaired) electrons. The Bertz CT molecular complexity index is 467. The molecule has 0 spiro atoms. The SMILES string of the molecule is Cn1nncc1CNCc1ccccc1Cl. The van der Waals surface area contributed by atoms with E-state index in [-0.39, 0.29) is 0 Å². The van der Waals surface area contributed by atoms with Gasteiger partial charge in [0.05, 0.1) is 11.9 Å². The Kier molecular flexibility index (Phi) is 3.54. The second kappa shape index (κ2) is 5.09. The molecule has 16 heavy (non-hydrogen) atoms. The molecule has 1 N–H and O–H groups in total. The smallest absolute Gasteiger partial charge is 0.0738 e. The Morgan fingerprint density at radius 2 is 2.12 bits per heavy atom.